The van der Waals surface area contributed by atoms with Gasteiger partial charge in [0.25, 0.3) is 0 Å². The molecule has 0 heterocycles. The lowest BCUT2D eigenvalue weighted by Crippen LogP contribution is -2.50. The van der Waals surface area contributed by atoms with Gasteiger partial charge in [-0.05, 0) is 42.6 Å². The highest BCUT2D eigenvalue weighted by Gasteiger charge is 2.56. The molecule has 0 aliphatic heterocycles. The summed E-state index contributed by atoms with van der Waals surface area (Å²) in [6, 6.07) is 4.57. The highest BCUT2D eigenvalue weighted by Crippen LogP contribution is 2.59. The zero-order chi connectivity index (χ0) is 19.8. The molecule has 5 rings (SSSR count). The number of hydrogen-bond acceptors (Lipinski definition) is 5. The monoisotopic (exact) mass is 382 g/mol. The average Bonchev–Trinajstić information content (AvgIpc) is 3.05. The van der Waals surface area contributed by atoms with Gasteiger partial charge in [-0.25, -0.2) is 0 Å². The van der Waals surface area contributed by atoms with Crippen molar-refractivity contribution in [2.75, 3.05) is 0 Å². The van der Waals surface area contributed by atoms with Gasteiger partial charge < -0.3 is 9.84 Å². The van der Waals surface area contributed by atoms with Gasteiger partial charge in [-0.15, -0.1) is 0 Å². The maximum absolute atomic E-state index is 13.3. The number of ether oxygens (including phenoxy) is 1. The van der Waals surface area contributed by atoms with Gasteiger partial charge in [-0.3, -0.25) is 14.4 Å². The fraction of sp³-hybridized carbons (Fsp3) is 0.609. The number of Topliss-reactive ketones (excluding diaryl/α,β-unsaturated/α-hetero) is 3. The molecular formula is C23H26O5. The van der Waals surface area contributed by atoms with E-state index in [1.165, 1.54) is 12.5 Å². The minimum absolute atomic E-state index is 0.0154. The van der Waals surface area contributed by atoms with E-state index in [1.54, 1.807) is 12.1 Å². The lowest BCUT2D eigenvalue weighted by atomic mass is 9.65. The third-order valence-corrected chi connectivity index (χ3v) is 8.05. The normalized spacial score (nSPS) is 38.4. The van der Waals surface area contributed by atoms with Crippen molar-refractivity contribution in [3.8, 4) is 5.75 Å². The van der Waals surface area contributed by atoms with E-state index in [2.05, 4.69) is 13.8 Å². The molecule has 0 saturated heterocycles. The van der Waals surface area contributed by atoms with E-state index in [4.69, 9.17) is 4.74 Å². The van der Waals surface area contributed by atoms with Gasteiger partial charge in [0.1, 0.15) is 11.5 Å². The van der Waals surface area contributed by atoms with Gasteiger partial charge in [0.15, 0.2) is 11.6 Å². The molecule has 4 aliphatic carbocycles. The summed E-state index contributed by atoms with van der Waals surface area (Å²) in [7, 11) is 0. The van der Waals surface area contributed by atoms with Crippen molar-refractivity contribution in [2.45, 2.75) is 58.2 Å². The van der Waals surface area contributed by atoms with Gasteiger partial charge >= 0.3 is 0 Å². The van der Waals surface area contributed by atoms with Crippen molar-refractivity contribution in [3.63, 3.8) is 0 Å². The molecule has 0 aromatic heterocycles. The molecule has 5 nitrogen and oxygen atoms in total. The van der Waals surface area contributed by atoms with Crippen LogP contribution in [-0.4, -0.2) is 34.7 Å². The minimum atomic E-state index is -0.673. The second kappa shape index (κ2) is 5.99. The van der Waals surface area contributed by atoms with E-state index in [-0.39, 0.29) is 58.6 Å². The molecule has 1 N–H and O–H groups in total. The number of benzene rings is 1. The molecule has 0 amide bonds. The van der Waals surface area contributed by atoms with Crippen LogP contribution < -0.4 is 0 Å². The molecule has 2 bridgehead atoms. The molecule has 3 fully saturated rings. The molecule has 4 aliphatic rings. The Morgan fingerprint density at radius 3 is 2.50 bits per heavy atom. The van der Waals surface area contributed by atoms with Crippen LogP contribution in [0, 0.1) is 29.1 Å². The second-order valence-corrected chi connectivity index (χ2v) is 9.66. The summed E-state index contributed by atoms with van der Waals surface area (Å²) in [4.78, 5) is 38.8. The number of ketones is 3. The third-order valence-electron chi connectivity index (χ3n) is 8.05. The SMILES string of the molecule is CC1(C)[C@H]2CC[C@H]1[C@@H](O[C@@H]1CC(=O)C[C@H]3C(=O)c4cccc(O)c4C(=O)[C@H]13)C2. The van der Waals surface area contributed by atoms with E-state index in [0.29, 0.717) is 11.8 Å². The molecule has 148 valence electrons. The molecule has 28 heavy (non-hydrogen) atoms. The van der Waals surface area contributed by atoms with Gasteiger partial charge in [0.05, 0.1) is 23.7 Å². The summed E-state index contributed by atoms with van der Waals surface area (Å²) < 4.78 is 6.46. The largest absolute Gasteiger partial charge is 0.507 e. The van der Waals surface area contributed by atoms with Gasteiger partial charge in [-0.1, -0.05) is 26.0 Å². The summed E-state index contributed by atoms with van der Waals surface area (Å²) in [6.45, 7) is 4.58. The number of carbonyl (C=O) groups excluding carboxylic acids is 3. The highest BCUT2D eigenvalue weighted by atomic mass is 16.5. The maximum Gasteiger partial charge on any atom is 0.173 e. The summed E-state index contributed by atoms with van der Waals surface area (Å²) in [5, 5.41) is 10.2. The zero-order valence-electron chi connectivity index (χ0n) is 16.3. The zero-order valence-corrected chi connectivity index (χ0v) is 16.3. The predicted molar refractivity (Wildman–Crippen MR) is 101 cm³/mol. The first-order valence-electron chi connectivity index (χ1n) is 10.4. The van der Waals surface area contributed by atoms with E-state index in [0.717, 1.165) is 12.8 Å². The number of aromatic hydroxyl groups is 1. The Kier molecular flexibility index (Phi) is 3.86. The van der Waals surface area contributed by atoms with Crippen LogP contribution in [0.1, 0.15) is 66.7 Å². The third kappa shape index (κ3) is 2.38. The number of hydrogen-bond donors (Lipinski definition) is 1. The van der Waals surface area contributed by atoms with Crippen LogP contribution in [0.3, 0.4) is 0 Å². The number of phenols is 1. The minimum Gasteiger partial charge on any atom is -0.507 e. The Balaban J connectivity index is 1.49. The lowest BCUT2D eigenvalue weighted by molar-refractivity contribution is -0.134. The van der Waals surface area contributed by atoms with Crippen LogP contribution in [0.4, 0.5) is 0 Å². The fourth-order valence-corrected chi connectivity index (χ4v) is 6.51. The van der Waals surface area contributed by atoms with Crippen molar-refractivity contribution >= 4 is 17.3 Å². The maximum atomic E-state index is 13.3. The molecule has 0 radical (unpaired) electrons. The number of phenolic OH excluding ortho intramolecular Hbond substituents is 1. The standard InChI is InChI=1S/C23H26O5/c1-23(2)11-6-7-15(23)17(8-11)28-18-10-12(24)9-14-20(18)22(27)19-13(21(14)26)4-3-5-16(19)25/h3-5,11,14-15,17-18,20,25H,6-10H2,1-2H3/t11-,14+,15-,17-,18+,20-/m0/s1. The molecule has 5 heteroatoms. The summed E-state index contributed by atoms with van der Waals surface area (Å²) >= 11 is 0. The Morgan fingerprint density at radius 2 is 1.82 bits per heavy atom. The smallest absolute Gasteiger partial charge is 0.173 e. The van der Waals surface area contributed by atoms with E-state index in [1.807, 2.05) is 0 Å². The Morgan fingerprint density at radius 1 is 1.04 bits per heavy atom. The first-order chi connectivity index (χ1) is 13.3. The van der Waals surface area contributed by atoms with Crippen LogP contribution in [0.15, 0.2) is 18.2 Å². The van der Waals surface area contributed by atoms with Gasteiger partial charge in [0.2, 0.25) is 0 Å². The molecule has 0 spiro atoms. The van der Waals surface area contributed by atoms with E-state index in [9.17, 15) is 19.5 Å². The first kappa shape index (κ1) is 18.0. The topological polar surface area (TPSA) is 80.7 Å². The first-order valence-corrected chi connectivity index (χ1v) is 10.4. The number of carbonyl (C=O) groups is 3. The van der Waals surface area contributed by atoms with Crippen LogP contribution in [0.2, 0.25) is 0 Å². The van der Waals surface area contributed by atoms with E-state index >= 15 is 0 Å². The Labute approximate surface area is 164 Å². The van der Waals surface area contributed by atoms with Crippen LogP contribution in [0.5, 0.6) is 5.75 Å². The molecule has 1 aromatic carbocycles. The summed E-state index contributed by atoms with van der Waals surface area (Å²) in [5.41, 5.74) is 0.561. The van der Waals surface area contributed by atoms with Gasteiger partial charge in [-0.2, -0.15) is 0 Å². The Hall–Kier alpha value is -2.01. The predicted octanol–water partition coefficient (Wildman–Crippen LogP) is 3.58. The van der Waals surface area contributed by atoms with Crippen molar-refractivity contribution in [1.29, 1.82) is 0 Å². The summed E-state index contributed by atoms with van der Waals surface area (Å²) in [5.74, 6) is -0.936. The molecule has 0 unspecified atom stereocenters. The molecule has 6 atom stereocenters. The van der Waals surface area contributed by atoms with Crippen LogP contribution in [-0.2, 0) is 9.53 Å². The quantitative estimate of drug-likeness (QED) is 0.846. The second-order valence-electron chi connectivity index (χ2n) is 9.66. The van der Waals surface area contributed by atoms with Crippen LogP contribution in [0.25, 0.3) is 0 Å². The summed E-state index contributed by atoms with van der Waals surface area (Å²) in [6.07, 6.45) is 3.03. The van der Waals surface area contributed by atoms with Crippen LogP contribution >= 0.6 is 0 Å². The van der Waals surface area contributed by atoms with Crippen molar-refractivity contribution in [1.82, 2.24) is 0 Å². The number of fused-ring (bicyclic) bond motifs is 4. The van der Waals surface area contributed by atoms with E-state index < -0.39 is 17.9 Å². The fourth-order valence-electron chi connectivity index (χ4n) is 6.51. The van der Waals surface area contributed by atoms with Crippen molar-refractivity contribution < 1.29 is 24.2 Å². The Bertz CT molecular complexity index is 885. The number of rotatable bonds is 2. The van der Waals surface area contributed by atoms with Gasteiger partial charge in [0, 0.05) is 24.3 Å². The van der Waals surface area contributed by atoms with Crippen molar-refractivity contribution in [3.05, 3.63) is 29.3 Å². The highest BCUT2D eigenvalue weighted by molar-refractivity contribution is 6.18. The lowest BCUT2D eigenvalue weighted by Gasteiger charge is -2.41. The molecule has 3 saturated carbocycles. The van der Waals surface area contributed by atoms with Crippen molar-refractivity contribution in [2.24, 2.45) is 29.1 Å². The molecule has 1 aromatic rings. The molecular weight excluding hydrogens is 356 g/mol. The average molecular weight is 382 g/mol.